The van der Waals surface area contributed by atoms with Crippen molar-refractivity contribution >= 4 is 17.2 Å². The lowest BCUT2D eigenvalue weighted by atomic mass is 10.1. The van der Waals surface area contributed by atoms with E-state index in [-0.39, 0.29) is 16.2 Å². The van der Waals surface area contributed by atoms with Gasteiger partial charge in [-0.3, -0.25) is 0 Å². The molecule has 3 nitrogen and oxygen atoms in total. The molecule has 0 unspecified atom stereocenters. The van der Waals surface area contributed by atoms with Crippen molar-refractivity contribution in [2.75, 3.05) is 13.7 Å². The molecular formula is C13H18FNO2S. The molecule has 0 fully saturated rings. The van der Waals surface area contributed by atoms with Crippen LogP contribution in [-0.4, -0.2) is 24.3 Å². The van der Waals surface area contributed by atoms with Crippen LogP contribution < -0.4 is 10.5 Å². The Morgan fingerprint density at radius 3 is 2.61 bits per heavy atom. The van der Waals surface area contributed by atoms with E-state index in [2.05, 4.69) is 0 Å². The van der Waals surface area contributed by atoms with Gasteiger partial charge in [-0.2, -0.15) is 0 Å². The summed E-state index contributed by atoms with van der Waals surface area (Å²) in [6, 6.07) is 4.46. The molecule has 18 heavy (non-hydrogen) atoms. The highest BCUT2D eigenvalue weighted by molar-refractivity contribution is 7.80. The Morgan fingerprint density at radius 1 is 1.44 bits per heavy atom. The van der Waals surface area contributed by atoms with Crippen LogP contribution in [0.2, 0.25) is 0 Å². The number of ether oxygens (including phenoxy) is 2. The maximum atomic E-state index is 13.6. The summed E-state index contributed by atoms with van der Waals surface area (Å²) in [4.78, 5) is 0.0413. The van der Waals surface area contributed by atoms with Gasteiger partial charge in [-0.25, -0.2) is 4.39 Å². The monoisotopic (exact) mass is 271 g/mol. The second-order valence-corrected chi connectivity index (χ2v) is 5.01. The van der Waals surface area contributed by atoms with Gasteiger partial charge in [-0.15, -0.1) is 0 Å². The first-order chi connectivity index (χ1) is 8.35. The van der Waals surface area contributed by atoms with Gasteiger partial charge in [-0.1, -0.05) is 12.2 Å². The molecule has 5 heteroatoms. The Balaban J connectivity index is 2.59. The van der Waals surface area contributed by atoms with E-state index in [9.17, 15) is 4.39 Å². The first-order valence-electron chi connectivity index (χ1n) is 5.63. The third-order valence-corrected chi connectivity index (χ3v) is 2.95. The second-order valence-electron chi connectivity index (χ2n) is 4.57. The maximum Gasteiger partial charge on any atom is 0.137 e. The SMILES string of the molecule is COC(C)(C)CCOc1ccc(C(N)=S)c(F)c1. The Kier molecular flexibility index (Phi) is 5.04. The minimum atomic E-state index is -0.467. The Bertz CT molecular complexity index is 435. The zero-order chi connectivity index (χ0) is 13.8. The predicted octanol–water partition coefficient (Wildman–Crippen LogP) is 2.65. The number of methoxy groups -OCH3 is 1. The molecule has 100 valence electrons. The van der Waals surface area contributed by atoms with E-state index in [0.717, 1.165) is 0 Å². The summed E-state index contributed by atoms with van der Waals surface area (Å²) in [5, 5.41) is 0. The van der Waals surface area contributed by atoms with E-state index in [0.29, 0.717) is 18.8 Å². The zero-order valence-corrected chi connectivity index (χ0v) is 11.6. The van der Waals surface area contributed by atoms with Gasteiger partial charge in [0.2, 0.25) is 0 Å². The van der Waals surface area contributed by atoms with Crippen LogP contribution in [0.15, 0.2) is 18.2 Å². The highest BCUT2D eigenvalue weighted by Crippen LogP contribution is 2.18. The quantitative estimate of drug-likeness (QED) is 0.808. The van der Waals surface area contributed by atoms with Gasteiger partial charge in [-0.05, 0) is 26.0 Å². The molecular weight excluding hydrogens is 253 g/mol. The molecule has 0 atom stereocenters. The summed E-state index contributed by atoms with van der Waals surface area (Å²) in [5.41, 5.74) is 5.35. The first kappa shape index (κ1) is 14.9. The minimum Gasteiger partial charge on any atom is -0.493 e. The van der Waals surface area contributed by atoms with Crippen molar-refractivity contribution in [1.29, 1.82) is 0 Å². The summed E-state index contributed by atoms with van der Waals surface area (Å²) in [7, 11) is 1.65. The lowest BCUT2D eigenvalue weighted by molar-refractivity contribution is 0.00544. The summed E-state index contributed by atoms with van der Waals surface area (Å²) < 4.78 is 24.3. The van der Waals surface area contributed by atoms with Crippen molar-refractivity contribution < 1.29 is 13.9 Å². The van der Waals surface area contributed by atoms with Gasteiger partial charge >= 0.3 is 0 Å². The number of hydrogen-bond acceptors (Lipinski definition) is 3. The fourth-order valence-corrected chi connectivity index (χ4v) is 1.47. The van der Waals surface area contributed by atoms with Crippen LogP contribution in [0.25, 0.3) is 0 Å². The molecule has 1 aromatic rings. The standard InChI is InChI=1S/C13H18FNO2S/c1-13(2,16-3)6-7-17-9-4-5-10(12(15)18)11(14)8-9/h4-5,8H,6-7H2,1-3H3,(H2,15,18). The Morgan fingerprint density at radius 2 is 2.11 bits per heavy atom. The van der Waals surface area contributed by atoms with E-state index >= 15 is 0 Å². The predicted molar refractivity (Wildman–Crippen MR) is 73.5 cm³/mol. The topological polar surface area (TPSA) is 44.5 Å². The van der Waals surface area contributed by atoms with E-state index in [4.69, 9.17) is 27.4 Å². The molecule has 0 aromatic heterocycles. The zero-order valence-electron chi connectivity index (χ0n) is 10.8. The summed E-state index contributed by atoms with van der Waals surface area (Å²) in [6.07, 6.45) is 0.710. The first-order valence-corrected chi connectivity index (χ1v) is 6.04. The molecule has 0 saturated carbocycles. The minimum absolute atomic E-state index is 0.0413. The van der Waals surface area contributed by atoms with Crippen LogP contribution in [0.5, 0.6) is 5.75 Å². The average Bonchev–Trinajstić information content (AvgIpc) is 2.28. The van der Waals surface area contributed by atoms with Gasteiger partial charge in [0, 0.05) is 25.2 Å². The Labute approximate surface area is 112 Å². The van der Waals surface area contributed by atoms with E-state index < -0.39 is 5.82 Å². The number of rotatable bonds is 6. The van der Waals surface area contributed by atoms with Crippen LogP contribution in [0.4, 0.5) is 4.39 Å². The highest BCUT2D eigenvalue weighted by atomic mass is 32.1. The summed E-state index contributed by atoms with van der Waals surface area (Å²) >= 11 is 4.73. The number of hydrogen-bond donors (Lipinski definition) is 1. The van der Waals surface area contributed by atoms with Crippen molar-refractivity contribution in [3.8, 4) is 5.75 Å². The Hall–Kier alpha value is -1.20. The number of benzene rings is 1. The average molecular weight is 271 g/mol. The van der Waals surface area contributed by atoms with Gasteiger partial charge in [0.05, 0.1) is 12.2 Å². The lowest BCUT2D eigenvalue weighted by Crippen LogP contribution is -2.25. The van der Waals surface area contributed by atoms with Crippen LogP contribution in [-0.2, 0) is 4.74 Å². The molecule has 0 heterocycles. The molecule has 1 aromatic carbocycles. The molecule has 0 aliphatic heterocycles. The van der Waals surface area contributed by atoms with Crippen LogP contribution in [0, 0.1) is 5.82 Å². The normalized spacial score (nSPS) is 11.3. The summed E-state index contributed by atoms with van der Waals surface area (Å²) in [6.45, 7) is 4.38. The van der Waals surface area contributed by atoms with Crippen molar-refractivity contribution in [1.82, 2.24) is 0 Å². The third-order valence-electron chi connectivity index (χ3n) is 2.73. The van der Waals surface area contributed by atoms with E-state index in [1.807, 2.05) is 13.8 Å². The van der Waals surface area contributed by atoms with Gasteiger partial charge in [0.15, 0.2) is 0 Å². The van der Waals surface area contributed by atoms with Crippen LogP contribution in [0.1, 0.15) is 25.8 Å². The smallest absolute Gasteiger partial charge is 0.137 e. The molecule has 0 bridgehead atoms. The van der Waals surface area contributed by atoms with Gasteiger partial charge in [0.1, 0.15) is 16.6 Å². The van der Waals surface area contributed by atoms with Crippen molar-refractivity contribution in [2.24, 2.45) is 5.73 Å². The van der Waals surface area contributed by atoms with Crippen molar-refractivity contribution in [3.63, 3.8) is 0 Å². The van der Waals surface area contributed by atoms with Crippen molar-refractivity contribution in [2.45, 2.75) is 25.9 Å². The lowest BCUT2D eigenvalue weighted by Gasteiger charge is -2.22. The molecule has 0 spiro atoms. The molecule has 2 N–H and O–H groups in total. The maximum absolute atomic E-state index is 13.6. The second kappa shape index (κ2) is 6.11. The molecule has 0 saturated heterocycles. The van der Waals surface area contributed by atoms with E-state index in [1.165, 1.54) is 12.1 Å². The van der Waals surface area contributed by atoms with Gasteiger partial charge in [0.25, 0.3) is 0 Å². The molecule has 0 aliphatic rings. The number of nitrogens with two attached hydrogens (primary N) is 1. The van der Waals surface area contributed by atoms with Crippen LogP contribution >= 0.6 is 12.2 Å². The van der Waals surface area contributed by atoms with Gasteiger partial charge < -0.3 is 15.2 Å². The number of halogens is 1. The summed E-state index contributed by atoms with van der Waals surface area (Å²) in [5.74, 6) is -0.00888. The van der Waals surface area contributed by atoms with Crippen LogP contribution in [0.3, 0.4) is 0 Å². The molecule has 0 aliphatic carbocycles. The number of thiocarbonyl (C=S) groups is 1. The fourth-order valence-electron chi connectivity index (χ4n) is 1.30. The fraction of sp³-hybridized carbons (Fsp3) is 0.462. The molecule has 0 amide bonds. The highest BCUT2D eigenvalue weighted by Gasteiger charge is 2.16. The van der Waals surface area contributed by atoms with Crippen molar-refractivity contribution in [3.05, 3.63) is 29.6 Å². The molecule has 0 radical (unpaired) electrons. The third kappa shape index (κ3) is 4.23. The largest absolute Gasteiger partial charge is 0.493 e. The molecule has 1 rings (SSSR count). The van der Waals surface area contributed by atoms with E-state index in [1.54, 1.807) is 13.2 Å².